The van der Waals surface area contributed by atoms with Gasteiger partial charge in [-0.2, -0.15) is 0 Å². The van der Waals surface area contributed by atoms with Crippen LogP contribution in [0.5, 0.6) is 0 Å². The summed E-state index contributed by atoms with van der Waals surface area (Å²) in [4.78, 5) is 2.37. The van der Waals surface area contributed by atoms with E-state index in [2.05, 4.69) is 31.0 Å². The third-order valence-electron chi connectivity index (χ3n) is 2.84. The number of benzene rings is 1. The predicted molar refractivity (Wildman–Crippen MR) is 76.7 cm³/mol. The highest BCUT2D eigenvalue weighted by molar-refractivity contribution is 6.31. The second kappa shape index (κ2) is 6.72. The van der Waals surface area contributed by atoms with Crippen LogP contribution in [-0.2, 0) is 0 Å². The first-order valence-corrected chi connectivity index (χ1v) is 6.48. The molecule has 96 valence electrons. The van der Waals surface area contributed by atoms with E-state index in [-0.39, 0.29) is 0 Å². The summed E-state index contributed by atoms with van der Waals surface area (Å²) in [5, 5.41) is 4.10. The van der Waals surface area contributed by atoms with Crippen LogP contribution in [0.3, 0.4) is 0 Å². The van der Waals surface area contributed by atoms with Gasteiger partial charge < -0.3 is 16.0 Å². The van der Waals surface area contributed by atoms with Gasteiger partial charge in [0.2, 0.25) is 0 Å². The molecule has 3 nitrogen and oxygen atoms in total. The lowest BCUT2D eigenvalue weighted by Crippen LogP contribution is -2.34. The van der Waals surface area contributed by atoms with Crippen LogP contribution in [0.2, 0.25) is 5.02 Å². The summed E-state index contributed by atoms with van der Waals surface area (Å²) < 4.78 is 0. The van der Waals surface area contributed by atoms with Crippen molar-refractivity contribution in [2.45, 2.75) is 26.8 Å². The van der Waals surface area contributed by atoms with Crippen molar-refractivity contribution >= 4 is 23.0 Å². The van der Waals surface area contributed by atoms with Crippen molar-refractivity contribution in [3.05, 3.63) is 23.2 Å². The summed E-state index contributed by atoms with van der Waals surface area (Å²) >= 11 is 5.95. The molecule has 1 aromatic rings. The molecule has 1 aromatic carbocycles. The van der Waals surface area contributed by atoms with Crippen molar-refractivity contribution in [2.75, 3.05) is 30.7 Å². The Morgan fingerprint density at radius 1 is 1.35 bits per heavy atom. The molecule has 0 radical (unpaired) electrons. The van der Waals surface area contributed by atoms with Crippen LogP contribution in [0.4, 0.5) is 11.4 Å². The molecule has 0 aliphatic rings. The van der Waals surface area contributed by atoms with E-state index < -0.39 is 0 Å². The van der Waals surface area contributed by atoms with Gasteiger partial charge in [0.25, 0.3) is 0 Å². The first kappa shape index (κ1) is 14.1. The Morgan fingerprint density at radius 2 is 2.00 bits per heavy atom. The Kier molecular flexibility index (Phi) is 5.59. The lowest BCUT2D eigenvalue weighted by molar-refractivity contribution is 0.295. The minimum Gasteiger partial charge on any atom is -0.397 e. The van der Waals surface area contributed by atoms with Crippen LogP contribution in [0, 0.1) is 0 Å². The minimum absolute atomic E-state index is 0.343. The van der Waals surface area contributed by atoms with Crippen LogP contribution in [0.25, 0.3) is 0 Å². The summed E-state index contributed by atoms with van der Waals surface area (Å²) in [7, 11) is 0. The maximum atomic E-state index is 5.95. The molecule has 17 heavy (non-hydrogen) atoms. The molecule has 1 atom stereocenters. The van der Waals surface area contributed by atoms with Gasteiger partial charge in [-0.05, 0) is 38.2 Å². The molecule has 0 spiro atoms. The normalized spacial score (nSPS) is 12.8. The monoisotopic (exact) mass is 255 g/mol. The van der Waals surface area contributed by atoms with E-state index in [1.54, 1.807) is 6.07 Å². The fourth-order valence-corrected chi connectivity index (χ4v) is 2.01. The number of hydrogen-bond acceptors (Lipinski definition) is 3. The molecule has 0 fully saturated rings. The number of nitrogens with zero attached hydrogens (tertiary/aromatic N) is 1. The number of anilines is 2. The Bertz CT molecular complexity index is 351. The van der Waals surface area contributed by atoms with Gasteiger partial charge in [-0.3, -0.25) is 0 Å². The average molecular weight is 256 g/mol. The molecule has 0 saturated heterocycles. The van der Waals surface area contributed by atoms with E-state index in [1.165, 1.54) is 0 Å². The van der Waals surface area contributed by atoms with Gasteiger partial charge in [0.05, 0.1) is 11.4 Å². The Morgan fingerprint density at radius 3 is 2.59 bits per heavy atom. The standard InChI is InChI=1S/C13H22ClN3/c1-4-17(5-2)9-10(3)16-13-8-11(14)6-7-12(13)15/h6-8,10,16H,4-5,9,15H2,1-3H3. The first-order chi connectivity index (χ1) is 8.06. The van der Waals surface area contributed by atoms with Crippen molar-refractivity contribution in [1.82, 2.24) is 4.90 Å². The maximum absolute atomic E-state index is 5.95. The van der Waals surface area contributed by atoms with Crippen molar-refractivity contribution in [3.8, 4) is 0 Å². The zero-order chi connectivity index (χ0) is 12.8. The number of halogens is 1. The van der Waals surface area contributed by atoms with Gasteiger partial charge in [-0.25, -0.2) is 0 Å². The highest BCUT2D eigenvalue weighted by Crippen LogP contribution is 2.23. The van der Waals surface area contributed by atoms with Crippen LogP contribution in [-0.4, -0.2) is 30.6 Å². The maximum Gasteiger partial charge on any atom is 0.0591 e. The van der Waals surface area contributed by atoms with Gasteiger partial charge in [-0.15, -0.1) is 0 Å². The van der Waals surface area contributed by atoms with Gasteiger partial charge in [0, 0.05) is 17.6 Å². The molecule has 0 saturated carbocycles. The van der Waals surface area contributed by atoms with Crippen LogP contribution in [0.15, 0.2) is 18.2 Å². The average Bonchev–Trinajstić information content (AvgIpc) is 2.31. The number of rotatable bonds is 6. The third kappa shape index (κ3) is 4.44. The van der Waals surface area contributed by atoms with E-state index in [0.717, 1.165) is 31.0 Å². The quantitative estimate of drug-likeness (QED) is 0.768. The topological polar surface area (TPSA) is 41.3 Å². The number of nitrogen functional groups attached to an aromatic ring is 1. The molecule has 1 rings (SSSR count). The second-order valence-corrected chi connectivity index (χ2v) is 4.70. The van der Waals surface area contributed by atoms with Gasteiger partial charge in [-0.1, -0.05) is 25.4 Å². The fourth-order valence-electron chi connectivity index (χ4n) is 1.83. The minimum atomic E-state index is 0.343. The van der Waals surface area contributed by atoms with E-state index in [1.807, 2.05) is 12.1 Å². The number of likely N-dealkylation sites (N-methyl/N-ethyl adjacent to an activating group) is 1. The lowest BCUT2D eigenvalue weighted by atomic mass is 10.2. The summed E-state index contributed by atoms with van der Waals surface area (Å²) in [5.41, 5.74) is 7.55. The van der Waals surface area contributed by atoms with Crippen LogP contribution >= 0.6 is 11.6 Å². The molecule has 1 unspecified atom stereocenters. The summed E-state index contributed by atoms with van der Waals surface area (Å²) in [6.45, 7) is 9.62. The molecule has 0 heterocycles. The molecule has 0 amide bonds. The molecular weight excluding hydrogens is 234 g/mol. The number of hydrogen-bond donors (Lipinski definition) is 2. The van der Waals surface area contributed by atoms with Crippen molar-refractivity contribution in [3.63, 3.8) is 0 Å². The fraction of sp³-hybridized carbons (Fsp3) is 0.538. The number of nitrogens with one attached hydrogen (secondary N) is 1. The van der Waals surface area contributed by atoms with Gasteiger partial charge in [0.1, 0.15) is 0 Å². The zero-order valence-electron chi connectivity index (χ0n) is 10.8. The first-order valence-electron chi connectivity index (χ1n) is 6.10. The zero-order valence-corrected chi connectivity index (χ0v) is 11.6. The van der Waals surface area contributed by atoms with E-state index in [9.17, 15) is 0 Å². The van der Waals surface area contributed by atoms with Gasteiger partial charge in [0.15, 0.2) is 0 Å². The SMILES string of the molecule is CCN(CC)CC(C)Nc1cc(Cl)ccc1N. The Labute approximate surface area is 109 Å². The van der Waals surface area contributed by atoms with E-state index in [4.69, 9.17) is 17.3 Å². The van der Waals surface area contributed by atoms with Crippen molar-refractivity contribution in [1.29, 1.82) is 0 Å². The third-order valence-corrected chi connectivity index (χ3v) is 3.08. The molecule has 3 N–H and O–H groups in total. The summed E-state index contributed by atoms with van der Waals surface area (Å²) in [6, 6.07) is 5.84. The lowest BCUT2D eigenvalue weighted by Gasteiger charge is -2.24. The molecule has 0 aliphatic heterocycles. The molecule has 0 aliphatic carbocycles. The van der Waals surface area contributed by atoms with Crippen molar-refractivity contribution < 1.29 is 0 Å². The molecule has 4 heteroatoms. The summed E-state index contributed by atoms with van der Waals surface area (Å²) in [5.74, 6) is 0. The van der Waals surface area contributed by atoms with Crippen molar-refractivity contribution in [2.24, 2.45) is 0 Å². The smallest absolute Gasteiger partial charge is 0.0591 e. The van der Waals surface area contributed by atoms with E-state index >= 15 is 0 Å². The van der Waals surface area contributed by atoms with Gasteiger partial charge >= 0.3 is 0 Å². The highest BCUT2D eigenvalue weighted by atomic mass is 35.5. The second-order valence-electron chi connectivity index (χ2n) is 4.26. The summed E-state index contributed by atoms with van der Waals surface area (Å²) in [6.07, 6.45) is 0. The Hall–Kier alpha value is -0.930. The molecular formula is C13H22ClN3. The predicted octanol–water partition coefficient (Wildman–Crippen LogP) is 3.06. The largest absolute Gasteiger partial charge is 0.397 e. The van der Waals surface area contributed by atoms with E-state index in [0.29, 0.717) is 11.1 Å². The van der Waals surface area contributed by atoms with Crippen LogP contribution in [0.1, 0.15) is 20.8 Å². The Balaban J connectivity index is 2.61. The van der Waals surface area contributed by atoms with Crippen LogP contribution < -0.4 is 11.1 Å². The molecule has 0 bridgehead atoms. The number of nitrogens with two attached hydrogens (primary N) is 1. The molecule has 0 aromatic heterocycles. The highest BCUT2D eigenvalue weighted by Gasteiger charge is 2.08.